The lowest BCUT2D eigenvalue weighted by atomic mass is 10.1. The lowest BCUT2D eigenvalue weighted by molar-refractivity contribution is 0.624. The minimum Gasteiger partial charge on any atom is -0.250 e. The van der Waals surface area contributed by atoms with Gasteiger partial charge < -0.3 is 0 Å². The van der Waals surface area contributed by atoms with Crippen LogP contribution in [0.15, 0.2) is 36.4 Å². The summed E-state index contributed by atoms with van der Waals surface area (Å²) in [6, 6.07) is 10.5. The van der Waals surface area contributed by atoms with Crippen molar-refractivity contribution in [3.8, 4) is 11.3 Å². The predicted molar refractivity (Wildman–Crippen MR) is 63.9 cm³/mol. The lowest BCUT2D eigenvalue weighted by Gasteiger charge is -2.04. The Bertz CT molecular complexity index is 494. The molecular weight excluding hydrogens is 225 g/mol. The topological polar surface area (TPSA) is 12.9 Å². The molecule has 0 fully saturated rings. The maximum Gasteiger partial charge on any atom is 0.149 e. The van der Waals surface area contributed by atoms with Gasteiger partial charge in [-0.3, -0.25) is 4.98 Å². The molecule has 0 aliphatic carbocycles. The zero-order valence-electron chi connectivity index (χ0n) is 8.87. The summed E-state index contributed by atoms with van der Waals surface area (Å²) >= 11 is 5.69. The minimum atomic E-state index is -0.302. The fraction of sp³-hybridized carbons (Fsp3) is 0.154. The van der Waals surface area contributed by atoms with Crippen LogP contribution in [0.5, 0.6) is 0 Å². The zero-order valence-corrected chi connectivity index (χ0v) is 9.63. The Morgan fingerprint density at radius 1 is 1.12 bits per heavy atom. The highest BCUT2D eigenvalue weighted by molar-refractivity contribution is 6.17. The normalized spacial score (nSPS) is 10.4. The number of aryl methyl sites for hydroxylation is 1. The molecule has 0 N–H and O–H groups in total. The third-order valence-electron chi connectivity index (χ3n) is 2.37. The van der Waals surface area contributed by atoms with Crippen molar-refractivity contribution in [2.75, 3.05) is 0 Å². The molecular formula is C13H11ClFN. The van der Waals surface area contributed by atoms with Crippen LogP contribution in [0.2, 0.25) is 0 Å². The molecule has 0 aliphatic rings. The van der Waals surface area contributed by atoms with Gasteiger partial charge in [-0.05, 0) is 24.6 Å². The van der Waals surface area contributed by atoms with Crippen LogP contribution in [0.3, 0.4) is 0 Å². The molecule has 1 heterocycles. The molecule has 0 amide bonds. The average Bonchev–Trinajstić information content (AvgIpc) is 2.32. The fourth-order valence-electron chi connectivity index (χ4n) is 1.49. The molecule has 2 aromatic rings. The number of pyridine rings is 1. The van der Waals surface area contributed by atoms with E-state index in [-0.39, 0.29) is 5.82 Å². The number of benzene rings is 1. The molecule has 0 saturated heterocycles. The third-order valence-corrected chi connectivity index (χ3v) is 2.68. The van der Waals surface area contributed by atoms with E-state index in [1.807, 2.05) is 31.2 Å². The lowest BCUT2D eigenvalue weighted by Crippen LogP contribution is -1.91. The van der Waals surface area contributed by atoms with Crippen LogP contribution in [0.1, 0.15) is 11.3 Å². The highest BCUT2D eigenvalue weighted by Gasteiger charge is 2.06. The van der Waals surface area contributed by atoms with Gasteiger partial charge in [-0.25, -0.2) is 4.39 Å². The Morgan fingerprint density at radius 2 is 1.81 bits per heavy atom. The van der Waals surface area contributed by atoms with Gasteiger partial charge in [-0.2, -0.15) is 0 Å². The van der Waals surface area contributed by atoms with Crippen molar-refractivity contribution >= 4 is 11.6 Å². The van der Waals surface area contributed by atoms with Gasteiger partial charge in [0.25, 0.3) is 0 Å². The highest BCUT2D eigenvalue weighted by Crippen LogP contribution is 2.21. The number of alkyl halides is 1. The van der Waals surface area contributed by atoms with Gasteiger partial charge >= 0.3 is 0 Å². The van der Waals surface area contributed by atoms with E-state index >= 15 is 0 Å². The Labute approximate surface area is 98.9 Å². The van der Waals surface area contributed by atoms with Crippen LogP contribution in [0.4, 0.5) is 4.39 Å². The van der Waals surface area contributed by atoms with E-state index < -0.39 is 0 Å². The van der Waals surface area contributed by atoms with Crippen LogP contribution in [-0.4, -0.2) is 4.98 Å². The van der Waals surface area contributed by atoms with Crippen LogP contribution >= 0.6 is 11.6 Å². The number of rotatable bonds is 2. The predicted octanol–water partition coefficient (Wildman–Crippen LogP) is 3.93. The molecule has 0 atom stereocenters. The smallest absolute Gasteiger partial charge is 0.149 e. The molecule has 0 radical (unpaired) electrons. The second-order valence-corrected chi connectivity index (χ2v) is 3.88. The molecule has 1 nitrogen and oxygen atoms in total. The van der Waals surface area contributed by atoms with E-state index in [0.29, 0.717) is 11.6 Å². The van der Waals surface area contributed by atoms with Crippen molar-refractivity contribution < 1.29 is 4.39 Å². The number of aromatic nitrogens is 1. The Morgan fingerprint density at radius 3 is 2.44 bits per heavy atom. The van der Waals surface area contributed by atoms with Gasteiger partial charge in [0.2, 0.25) is 0 Å². The third kappa shape index (κ3) is 2.22. The summed E-state index contributed by atoms with van der Waals surface area (Å²) in [7, 11) is 0. The monoisotopic (exact) mass is 235 g/mol. The van der Waals surface area contributed by atoms with Crippen LogP contribution in [0, 0.1) is 12.7 Å². The number of hydrogen-bond donors (Lipinski definition) is 0. The van der Waals surface area contributed by atoms with Gasteiger partial charge in [0, 0.05) is 17.1 Å². The van der Waals surface area contributed by atoms with E-state index in [4.69, 9.17) is 11.6 Å². The number of halogens is 2. The molecule has 1 aromatic heterocycles. The summed E-state index contributed by atoms with van der Waals surface area (Å²) < 4.78 is 13.5. The van der Waals surface area contributed by atoms with E-state index in [1.54, 1.807) is 6.07 Å². The van der Waals surface area contributed by atoms with Crippen molar-refractivity contribution in [1.82, 2.24) is 4.98 Å². The molecule has 16 heavy (non-hydrogen) atoms. The van der Waals surface area contributed by atoms with Gasteiger partial charge in [0.15, 0.2) is 0 Å². The van der Waals surface area contributed by atoms with Crippen molar-refractivity contribution in [2.45, 2.75) is 12.8 Å². The molecule has 0 aliphatic heterocycles. The van der Waals surface area contributed by atoms with Gasteiger partial charge in [-0.15, -0.1) is 11.6 Å². The zero-order chi connectivity index (χ0) is 11.5. The maximum atomic E-state index is 13.5. The van der Waals surface area contributed by atoms with Gasteiger partial charge in [0.1, 0.15) is 11.5 Å². The Balaban J connectivity index is 2.45. The first-order chi connectivity index (χ1) is 7.70. The molecule has 2 rings (SSSR count). The molecule has 0 saturated carbocycles. The van der Waals surface area contributed by atoms with E-state index in [2.05, 4.69) is 4.98 Å². The SMILES string of the molecule is Cc1ccc(F)c(-c2ccc(CCl)cc2)n1. The molecule has 0 bridgehead atoms. The van der Waals surface area contributed by atoms with Crippen molar-refractivity contribution in [3.63, 3.8) is 0 Å². The van der Waals surface area contributed by atoms with E-state index in [0.717, 1.165) is 16.8 Å². The summed E-state index contributed by atoms with van der Waals surface area (Å²) in [4.78, 5) is 4.19. The Hall–Kier alpha value is -1.41. The van der Waals surface area contributed by atoms with Crippen LogP contribution < -0.4 is 0 Å². The van der Waals surface area contributed by atoms with Crippen molar-refractivity contribution in [2.24, 2.45) is 0 Å². The fourth-order valence-corrected chi connectivity index (χ4v) is 1.67. The first kappa shape index (κ1) is 11.1. The summed E-state index contributed by atoms with van der Waals surface area (Å²) in [6.45, 7) is 1.84. The molecule has 0 spiro atoms. The second kappa shape index (κ2) is 4.62. The van der Waals surface area contributed by atoms with Crippen molar-refractivity contribution in [1.29, 1.82) is 0 Å². The standard InChI is InChI=1S/C13H11ClFN/c1-9-2-7-12(15)13(16-9)11-5-3-10(8-14)4-6-11/h2-7H,8H2,1H3. The second-order valence-electron chi connectivity index (χ2n) is 3.61. The summed E-state index contributed by atoms with van der Waals surface area (Å²) in [5.41, 5.74) is 2.98. The first-order valence-electron chi connectivity index (χ1n) is 4.99. The quantitative estimate of drug-likeness (QED) is 0.719. The molecule has 1 aromatic carbocycles. The minimum absolute atomic E-state index is 0.302. The maximum absolute atomic E-state index is 13.5. The number of nitrogens with zero attached hydrogens (tertiary/aromatic N) is 1. The largest absolute Gasteiger partial charge is 0.250 e. The van der Waals surface area contributed by atoms with Gasteiger partial charge in [0.05, 0.1) is 0 Å². The molecule has 82 valence electrons. The number of hydrogen-bond acceptors (Lipinski definition) is 1. The summed E-state index contributed by atoms with van der Waals surface area (Å²) in [5, 5.41) is 0. The van der Waals surface area contributed by atoms with Crippen LogP contribution in [-0.2, 0) is 5.88 Å². The summed E-state index contributed by atoms with van der Waals surface area (Å²) in [5.74, 6) is 0.161. The molecule has 0 unspecified atom stereocenters. The van der Waals surface area contributed by atoms with Gasteiger partial charge in [-0.1, -0.05) is 24.3 Å². The molecule has 3 heteroatoms. The Kier molecular flexibility index (Phi) is 3.20. The highest BCUT2D eigenvalue weighted by atomic mass is 35.5. The first-order valence-corrected chi connectivity index (χ1v) is 5.52. The van der Waals surface area contributed by atoms with Crippen molar-refractivity contribution in [3.05, 3.63) is 53.5 Å². The average molecular weight is 236 g/mol. The van der Waals surface area contributed by atoms with E-state index in [9.17, 15) is 4.39 Å². The summed E-state index contributed by atoms with van der Waals surface area (Å²) in [6.07, 6.45) is 0. The van der Waals surface area contributed by atoms with E-state index in [1.165, 1.54) is 6.07 Å². The van der Waals surface area contributed by atoms with Crippen LogP contribution in [0.25, 0.3) is 11.3 Å².